The normalized spacial score (nSPS) is 32.5. The number of aliphatic hydroxyl groups excluding tert-OH is 1. The van der Waals surface area contributed by atoms with E-state index in [9.17, 15) is 9.90 Å². The molecule has 21 heavy (non-hydrogen) atoms. The molecule has 2 rings (SSSR count). The third-order valence-corrected chi connectivity index (χ3v) is 6.13. The predicted octanol–water partition coefficient (Wildman–Crippen LogP) is 2.49. The summed E-state index contributed by atoms with van der Waals surface area (Å²) in [5.41, 5.74) is -0.495. The fourth-order valence-electron chi connectivity index (χ4n) is 3.02. The molecule has 0 aliphatic heterocycles. The largest absolute Gasteiger partial charge is 0.465 e. The van der Waals surface area contributed by atoms with Gasteiger partial charge in [0.15, 0.2) is 0 Å². The van der Waals surface area contributed by atoms with Gasteiger partial charge in [-0.15, -0.1) is 0 Å². The molecule has 0 amide bonds. The number of esters is 1. The van der Waals surface area contributed by atoms with Crippen LogP contribution in [0.4, 0.5) is 0 Å². The molecule has 2 saturated carbocycles. The molecule has 5 heteroatoms. The molecule has 0 bridgehead atoms. The van der Waals surface area contributed by atoms with Gasteiger partial charge < -0.3 is 9.84 Å². The molecule has 2 N–H and O–H groups in total. The number of nitrogens with one attached hydrogen (secondary N) is 1. The molecule has 2 fully saturated rings. The summed E-state index contributed by atoms with van der Waals surface area (Å²) in [5, 5.41) is 13.9. The lowest BCUT2D eigenvalue weighted by atomic mass is 9.81. The Bertz CT molecular complexity index is 359. The van der Waals surface area contributed by atoms with Gasteiger partial charge in [0.1, 0.15) is 5.54 Å². The summed E-state index contributed by atoms with van der Waals surface area (Å²) in [7, 11) is 0. The second-order valence-corrected chi connectivity index (χ2v) is 8.20. The highest BCUT2D eigenvalue weighted by molar-refractivity contribution is 8.00. The van der Waals surface area contributed by atoms with Gasteiger partial charge in [0, 0.05) is 16.5 Å². The van der Waals surface area contributed by atoms with Crippen molar-refractivity contribution in [1.29, 1.82) is 0 Å². The maximum Gasteiger partial charge on any atom is 0.326 e. The zero-order valence-electron chi connectivity index (χ0n) is 13.4. The van der Waals surface area contributed by atoms with Crippen molar-refractivity contribution in [2.45, 2.75) is 87.5 Å². The minimum atomic E-state index is -0.495. The van der Waals surface area contributed by atoms with Crippen molar-refractivity contribution < 1.29 is 14.6 Å². The summed E-state index contributed by atoms with van der Waals surface area (Å²) in [6.45, 7) is 6.20. The fourth-order valence-corrected chi connectivity index (χ4v) is 4.54. The van der Waals surface area contributed by atoms with E-state index in [1.807, 2.05) is 25.6 Å². The van der Waals surface area contributed by atoms with Crippen molar-refractivity contribution in [2.75, 3.05) is 6.61 Å². The first kappa shape index (κ1) is 17.1. The third-order valence-electron chi connectivity index (χ3n) is 4.52. The highest BCUT2D eigenvalue weighted by Gasteiger charge is 2.47. The average Bonchev–Trinajstić information content (AvgIpc) is 3.23. The van der Waals surface area contributed by atoms with Crippen molar-refractivity contribution in [1.82, 2.24) is 5.32 Å². The minimum Gasteiger partial charge on any atom is -0.465 e. The number of thioether (sulfide) groups is 1. The monoisotopic (exact) mass is 315 g/mol. The smallest absolute Gasteiger partial charge is 0.326 e. The summed E-state index contributed by atoms with van der Waals surface area (Å²) < 4.78 is 5.35. The van der Waals surface area contributed by atoms with Gasteiger partial charge in [0.2, 0.25) is 0 Å². The van der Waals surface area contributed by atoms with E-state index in [4.69, 9.17) is 4.74 Å². The van der Waals surface area contributed by atoms with Crippen molar-refractivity contribution in [3.8, 4) is 0 Å². The van der Waals surface area contributed by atoms with Crippen LogP contribution in [0.2, 0.25) is 0 Å². The van der Waals surface area contributed by atoms with E-state index in [1.54, 1.807) is 0 Å². The molecule has 0 radical (unpaired) electrons. The molecule has 2 aliphatic rings. The van der Waals surface area contributed by atoms with Gasteiger partial charge >= 0.3 is 5.97 Å². The topological polar surface area (TPSA) is 58.6 Å². The van der Waals surface area contributed by atoms with E-state index in [0.717, 1.165) is 25.7 Å². The Morgan fingerprint density at radius 1 is 1.43 bits per heavy atom. The van der Waals surface area contributed by atoms with Crippen molar-refractivity contribution in [3.05, 3.63) is 0 Å². The van der Waals surface area contributed by atoms with E-state index >= 15 is 0 Å². The van der Waals surface area contributed by atoms with Gasteiger partial charge in [-0.25, -0.2) is 0 Å². The Kier molecular flexibility index (Phi) is 5.97. The van der Waals surface area contributed by atoms with Crippen molar-refractivity contribution in [2.24, 2.45) is 0 Å². The van der Waals surface area contributed by atoms with E-state index in [-0.39, 0.29) is 17.3 Å². The lowest BCUT2D eigenvalue weighted by molar-refractivity contribution is -0.152. The van der Waals surface area contributed by atoms with Crippen LogP contribution in [0.15, 0.2) is 0 Å². The first-order valence-electron chi connectivity index (χ1n) is 8.25. The Morgan fingerprint density at radius 3 is 2.71 bits per heavy atom. The fraction of sp³-hybridized carbons (Fsp3) is 0.938. The standard InChI is InChI=1S/C16H29NO3S/c1-4-20-15(19)16(17-13-7-8-13)9-5-6-14(10-16)21-12(3)11(2)18/h11-14,17-18H,4-10H2,1-3H3. The average molecular weight is 315 g/mol. The summed E-state index contributed by atoms with van der Waals surface area (Å²) in [6, 6.07) is 0.493. The van der Waals surface area contributed by atoms with Gasteiger partial charge in [0.25, 0.3) is 0 Å². The second kappa shape index (κ2) is 7.34. The zero-order chi connectivity index (χ0) is 15.5. The van der Waals surface area contributed by atoms with E-state index in [0.29, 0.717) is 17.9 Å². The number of rotatable bonds is 7. The number of ether oxygens (including phenoxy) is 1. The molecular weight excluding hydrogens is 286 g/mol. The first-order valence-corrected chi connectivity index (χ1v) is 9.19. The van der Waals surface area contributed by atoms with Crippen LogP contribution in [0, 0.1) is 0 Å². The Hall–Kier alpha value is -0.260. The van der Waals surface area contributed by atoms with Crippen molar-refractivity contribution in [3.63, 3.8) is 0 Å². The third kappa shape index (κ3) is 4.60. The molecule has 0 heterocycles. The van der Waals surface area contributed by atoms with Gasteiger partial charge in [-0.2, -0.15) is 11.8 Å². The molecule has 0 aromatic rings. The number of aliphatic hydroxyl groups is 1. The zero-order valence-corrected chi connectivity index (χ0v) is 14.2. The molecule has 4 nitrogen and oxygen atoms in total. The summed E-state index contributed by atoms with van der Waals surface area (Å²) in [6.07, 6.45) is 5.89. The summed E-state index contributed by atoms with van der Waals surface area (Å²) in [4.78, 5) is 12.5. The van der Waals surface area contributed by atoms with Crippen LogP contribution in [-0.4, -0.2) is 45.9 Å². The first-order chi connectivity index (χ1) is 9.97. The number of hydrogen-bond acceptors (Lipinski definition) is 5. The van der Waals surface area contributed by atoms with Crippen LogP contribution in [0.3, 0.4) is 0 Å². The maximum absolute atomic E-state index is 12.5. The Balaban J connectivity index is 2.02. The summed E-state index contributed by atoms with van der Waals surface area (Å²) >= 11 is 1.82. The van der Waals surface area contributed by atoms with E-state index in [1.165, 1.54) is 12.8 Å². The quantitative estimate of drug-likeness (QED) is 0.707. The Morgan fingerprint density at radius 2 is 2.14 bits per heavy atom. The molecule has 4 unspecified atom stereocenters. The van der Waals surface area contributed by atoms with E-state index in [2.05, 4.69) is 12.2 Å². The molecule has 2 aliphatic carbocycles. The van der Waals surface area contributed by atoms with Crippen LogP contribution in [0.5, 0.6) is 0 Å². The molecule has 0 spiro atoms. The van der Waals surface area contributed by atoms with E-state index < -0.39 is 5.54 Å². The molecule has 0 saturated heterocycles. The lowest BCUT2D eigenvalue weighted by Crippen LogP contribution is -2.57. The predicted molar refractivity (Wildman–Crippen MR) is 86.5 cm³/mol. The number of carbonyl (C=O) groups is 1. The van der Waals surface area contributed by atoms with Crippen LogP contribution in [0.25, 0.3) is 0 Å². The summed E-state index contributed by atoms with van der Waals surface area (Å²) in [5.74, 6) is -0.0769. The second-order valence-electron chi connectivity index (χ2n) is 6.52. The van der Waals surface area contributed by atoms with Crippen molar-refractivity contribution >= 4 is 17.7 Å². The van der Waals surface area contributed by atoms with Gasteiger partial charge in [-0.3, -0.25) is 10.1 Å². The maximum atomic E-state index is 12.5. The number of hydrogen-bond donors (Lipinski definition) is 2. The molecule has 0 aromatic carbocycles. The highest BCUT2D eigenvalue weighted by atomic mass is 32.2. The SMILES string of the molecule is CCOC(=O)C1(NC2CC2)CCCC(SC(C)C(C)O)C1. The molecule has 122 valence electrons. The van der Waals surface area contributed by atoms with Crippen LogP contribution in [0.1, 0.15) is 59.3 Å². The minimum absolute atomic E-state index is 0.0769. The molecule has 0 aromatic heterocycles. The lowest BCUT2D eigenvalue weighted by Gasteiger charge is -2.40. The van der Waals surface area contributed by atoms with Gasteiger partial charge in [-0.1, -0.05) is 6.92 Å². The van der Waals surface area contributed by atoms with Crippen LogP contribution < -0.4 is 5.32 Å². The molecule has 4 atom stereocenters. The molecular formula is C16H29NO3S. The van der Waals surface area contributed by atoms with Gasteiger partial charge in [0.05, 0.1) is 12.7 Å². The van der Waals surface area contributed by atoms with Crippen LogP contribution >= 0.6 is 11.8 Å². The number of carbonyl (C=O) groups excluding carboxylic acids is 1. The van der Waals surface area contributed by atoms with Gasteiger partial charge in [-0.05, 0) is 52.4 Å². The highest BCUT2D eigenvalue weighted by Crippen LogP contribution is 2.40. The Labute approximate surface area is 132 Å². The van der Waals surface area contributed by atoms with Crippen LogP contribution in [-0.2, 0) is 9.53 Å².